The third-order valence-corrected chi connectivity index (χ3v) is 5.85. The fraction of sp³-hybridized carbons (Fsp3) is 0.148. The lowest BCUT2D eigenvalue weighted by molar-refractivity contribution is 0.0984. The summed E-state index contributed by atoms with van der Waals surface area (Å²) in [6.45, 7) is 4.16. The molecule has 7 heteroatoms. The summed E-state index contributed by atoms with van der Waals surface area (Å²) in [6.07, 6.45) is 0. The maximum atomic E-state index is 13.7. The second kappa shape index (κ2) is 9.62. The number of benzene rings is 3. The van der Waals surface area contributed by atoms with E-state index in [4.69, 9.17) is 5.73 Å². The van der Waals surface area contributed by atoms with Crippen LogP contribution < -0.4 is 21.9 Å². The first-order chi connectivity index (χ1) is 16.3. The molecule has 0 atom stereocenters. The van der Waals surface area contributed by atoms with E-state index in [1.807, 2.05) is 80.6 Å². The quantitative estimate of drug-likeness (QED) is 0.465. The van der Waals surface area contributed by atoms with Crippen molar-refractivity contribution in [1.29, 1.82) is 0 Å². The molecule has 172 valence electrons. The minimum atomic E-state index is -0.708. The van der Waals surface area contributed by atoms with Gasteiger partial charge in [0.2, 0.25) is 0 Å². The normalized spacial score (nSPS) is 10.8. The Morgan fingerprint density at radius 2 is 1.50 bits per heavy atom. The summed E-state index contributed by atoms with van der Waals surface area (Å²) in [5, 5.41) is 0. The van der Waals surface area contributed by atoms with Gasteiger partial charge in [-0.05, 0) is 48.2 Å². The molecule has 0 bridgehead atoms. The van der Waals surface area contributed by atoms with E-state index in [1.54, 1.807) is 12.1 Å². The summed E-state index contributed by atoms with van der Waals surface area (Å²) in [7, 11) is 0. The molecule has 34 heavy (non-hydrogen) atoms. The number of aryl methyl sites for hydroxylation is 2. The Balaban J connectivity index is 1.86. The minimum Gasteiger partial charge on any atom is -0.383 e. The predicted molar refractivity (Wildman–Crippen MR) is 134 cm³/mol. The molecule has 4 aromatic rings. The smallest absolute Gasteiger partial charge is 0.330 e. The number of carbonyl (C=O) groups is 1. The van der Waals surface area contributed by atoms with Crippen LogP contribution in [-0.2, 0) is 13.1 Å². The molecule has 1 heterocycles. The number of aromatic nitrogens is 2. The Morgan fingerprint density at radius 1 is 0.882 bits per heavy atom. The Bertz CT molecular complexity index is 1440. The van der Waals surface area contributed by atoms with Crippen molar-refractivity contribution in [1.82, 2.24) is 9.55 Å². The van der Waals surface area contributed by atoms with Gasteiger partial charge < -0.3 is 5.73 Å². The van der Waals surface area contributed by atoms with Crippen molar-refractivity contribution in [3.05, 3.63) is 128 Å². The van der Waals surface area contributed by atoms with Crippen LogP contribution in [0.15, 0.2) is 88.5 Å². The average molecular weight is 455 g/mol. The van der Waals surface area contributed by atoms with Crippen LogP contribution in [0.5, 0.6) is 0 Å². The van der Waals surface area contributed by atoms with E-state index < -0.39 is 11.2 Å². The highest BCUT2D eigenvalue weighted by atomic mass is 16.2. The fourth-order valence-corrected chi connectivity index (χ4v) is 3.81. The number of carbonyl (C=O) groups excluding carboxylic acids is 1. The van der Waals surface area contributed by atoms with E-state index in [0.29, 0.717) is 5.56 Å². The molecule has 0 unspecified atom stereocenters. The molecular weight excluding hydrogens is 428 g/mol. The van der Waals surface area contributed by atoms with E-state index in [9.17, 15) is 14.4 Å². The van der Waals surface area contributed by atoms with Crippen molar-refractivity contribution in [2.75, 3.05) is 10.6 Å². The molecule has 0 fully saturated rings. The number of nitrogens with zero attached hydrogens (tertiary/aromatic N) is 2. The second-order valence-corrected chi connectivity index (χ2v) is 8.24. The van der Waals surface area contributed by atoms with Crippen molar-refractivity contribution < 1.29 is 4.79 Å². The van der Waals surface area contributed by atoms with Gasteiger partial charge >= 0.3 is 5.69 Å². The van der Waals surface area contributed by atoms with Gasteiger partial charge in [0.05, 0.1) is 13.1 Å². The van der Waals surface area contributed by atoms with Gasteiger partial charge in [0.1, 0.15) is 5.82 Å². The zero-order valence-corrected chi connectivity index (χ0v) is 19.1. The molecule has 0 saturated heterocycles. The van der Waals surface area contributed by atoms with Gasteiger partial charge in [-0.3, -0.25) is 24.0 Å². The molecule has 3 N–H and O–H groups in total. The number of nitrogens with two attached hydrogens (primary N) is 1. The first-order valence-corrected chi connectivity index (χ1v) is 10.9. The van der Waals surface area contributed by atoms with Crippen molar-refractivity contribution in [2.24, 2.45) is 0 Å². The Hall–Kier alpha value is -4.39. The Kier molecular flexibility index (Phi) is 6.45. The van der Waals surface area contributed by atoms with Crippen molar-refractivity contribution in [3.63, 3.8) is 0 Å². The van der Waals surface area contributed by atoms with Crippen LogP contribution in [0, 0.1) is 13.8 Å². The molecule has 0 aliphatic rings. The van der Waals surface area contributed by atoms with Crippen LogP contribution in [0.25, 0.3) is 0 Å². The number of hydrogen-bond donors (Lipinski definition) is 2. The lowest BCUT2D eigenvalue weighted by atomic mass is 10.0. The lowest BCUT2D eigenvalue weighted by Gasteiger charge is -2.25. The number of nitrogens with one attached hydrogen (secondary N) is 1. The largest absolute Gasteiger partial charge is 0.383 e. The van der Waals surface area contributed by atoms with E-state index in [2.05, 4.69) is 4.98 Å². The molecular formula is C27H26N4O3. The summed E-state index contributed by atoms with van der Waals surface area (Å²) < 4.78 is 1.28. The molecule has 0 saturated carbocycles. The molecule has 0 spiro atoms. The van der Waals surface area contributed by atoms with E-state index in [0.717, 1.165) is 22.3 Å². The maximum absolute atomic E-state index is 13.7. The molecule has 0 aliphatic heterocycles. The van der Waals surface area contributed by atoms with Gasteiger partial charge in [-0.15, -0.1) is 0 Å². The maximum Gasteiger partial charge on any atom is 0.330 e. The summed E-state index contributed by atoms with van der Waals surface area (Å²) >= 11 is 0. The van der Waals surface area contributed by atoms with Crippen molar-refractivity contribution >= 4 is 17.4 Å². The van der Waals surface area contributed by atoms with Crippen LogP contribution in [-0.4, -0.2) is 15.5 Å². The highest BCUT2D eigenvalue weighted by Crippen LogP contribution is 2.23. The topological polar surface area (TPSA) is 101 Å². The number of amides is 1. The minimum absolute atomic E-state index is 0.0531. The zero-order valence-electron chi connectivity index (χ0n) is 19.1. The summed E-state index contributed by atoms with van der Waals surface area (Å²) in [5.74, 6) is -0.445. The first-order valence-electron chi connectivity index (χ1n) is 10.9. The SMILES string of the molecule is Cc1ccc(C(=O)N(Cc2ccccc2)c2c(N)n(Cc3ccccc3)c(=O)[nH]c2=O)cc1C. The molecule has 1 aromatic heterocycles. The fourth-order valence-electron chi connectivity index (χ4n) is 3.81. The van der Waals surface area contributed by atoms with Crippen molar-refractivity contribution in [3.8, 4) is 0 Å². The molecule has 0 aliphatic carbocycles. The molecule has 4 rings (SSSR count). The molecule has 7 nitrogen and oxygen atoms in total. The van der Waals surface area contributed by atoms with E-state index >= 15 is 0 Å². The Morgan fingerprint density at radius 3 is 2.12 bits per heavy atom. The van der Waals surface area contributed by atoms with Gasteiger partial charge in [-0.1, -0.05) is 66.7 Å². The van der Waals surface area contributed by atoms with Gasteiger partial charge in [0, 0.05) is 5.56 Å². The summed E-state index contributed by atoms with van der Waals surface area (Å²) in [4.78, 5) is 43.0. The second-order valence-electron chi connectivity index (χ2n) is 8.24. The number of hydrogen-bond acceptors (Lipinski definition) is 4. The van der Waals surface area contributed by atoms with Gasteiger partial charge in [-0.25, -0.2) is 4.79 Å². The third-order valence-electron chi connectivity index (χ3n) is 5.85. The molecule has 1 amide bonds. The number of nitrogen functional groups attached to an aromatic ring is 1. The monoisotopic (exact) mass is 454 g/mol. The number of anilines is 2. The Labute approximate surface area is 197 Å². The summed E-state index contributed by atoms with van der Waals surface area (Å²) in [5.41, 5.74) is 9.11. The summed E-state index contributed by atoms with van der Waals surface area (Å²) in [6, 6.07) is 24.0. The standard InChI is InChI=1S/C27H26N4O3/c1-18-13-14-22(15-19(18)2)26(33)30(16-20-9-5-3-6-10-20)23-24(28)31(27(34)29-25(23)32)17-21-11-7-4-8-12-21/h3-15H,16-17,28H2,1-2H3,(H,29,32,34). The van der Waals surface area contributed by atoms with Crippen LogP contribution in [0.1, 0.15) is 32.6 Å². The van der Waals surface area contributed by atoms with Crippen molar-refractivity contribution in [2.45, 2.75) is 26.9 Å². The molecule has 0 radical (unpaired) electrons. The predicted octanol–water partition coefficient (Wildman–Crippen LogP) is 3.63. The lowest BCUT2D eigenvalue weighted by Crippen LogP contribution is -2.41. The van der Waals surface area contributed by atoms with Gasteiger partial charge in [0.25, 0.3) is 11.5 Å². The molecule has 3 aromatic carbocycles. The van der Waals surface area contributed by atoms with E-state index in [-0.39, 0.29) is 30.5 Å². The number of aromatic amines is 1. The van der Waals surface area contributed by atoms with Crippen LogP contribution in [0.3, 0.4) is 0 Å². The first kappa shape index (κ1) is 22.8. The van der Waals surface area contributed by atoms with E-state index in [1.165, 1.54) is 9.47 Å². The third kappa shape index (κ3) is 4.68. The van der Waals surface area contributed by atoms with Gasteiger partial charge in [-0.2, -0.15) is 0 Å². The average Bonchev–Trinajstić information content (AvgIpc) is 2.83. The highest BCUT2D eigenvalue weighted by Gasteiger charge is 2.26. The van der Waals surface area contributed by atoms with Gasteiger partial charge in [0.15, 0.2) is 5.69 Å². The van der Waals surface area contributed by atoms with Crippen LogP contribution in [0.4, 0.5) is 11.5 Å². The zero-order chi connectivity index (χ0) is 24.2. The van der Waals surface area contributed by atoms with Crippen LogP contribution in [0.2, 0.25) is 0 Å². The number of rotatable bonds is 6. The highest BCUT2D eigenvalue weighted by molar-refractivity contribution is 6.07. The van der Waals surface area contributed by atoms with Crippen LogP contribution >= 0.6 is 0 Å². The number of H-pyrrole nitrogens is 1.